The molecule has 2 aliphatic heterocycles. The van der Waals surface area contributed by atoms with E-state index in [1.54, 1.807) is 0 Å². The lowest BCUT2D eigenvalue weighted by molar-refractivity contribution is 0.0973. The molecule has 0 aromatic heterocycles. The molecule has 0 radical (unpaired) electrons. The van der Waals surface area contributed by atoms with Crippen molar-refractivity contribution < 1.29 is 9.13 Å². The zero-order valence-electron chi connectivity index (χ0n) is 9.16. The second-order valence-corrected chi connectivity index (χ2v) is 4.72. The van der Waals surface area contributed by atoms with Gasteiger partial charge in [0.05, 0.1) is 12.2 Å². The maximum Gasteiger partial charge on any atom is 0.123 e. The molecule has 0 spiro atoms. The van der Waals surface area contributed by atoms with Crippen LogP contribution >= 0.6 is 0 Å². The highest BCUT2D eigenvalue weighted by Crippen LogP contribution is 2.34. The van der Waals surface area contributed by atoms with Gasteiger partial charge in [-0.15, -0.1) is 0 Å². The van der Waals surface area contributed by atoms with Crippen LogP contribution in [-0.2, 0) is 11.3 Å². The fourth-order valence-electron chi connectivity index (χ4n) is 2.70. The molecule has 86 valence electrons. The molecule has 3 unspecified atom stereocenters. The number of halogens is 1. The first kappa shape index (κ1) is 10.2. The summed E-state index contributed by atoms with van der Waals surface area (Å²) in [5.74, 6) is -0.174. The van der Waals surface area contributed by atoms with Gasteiger partial charge in [-0.25, -0.2) is 4.39 Å². The molecule has 2 saturated heterocycles. The zero-order chi connectivity index (χ0) is 11.0. The molecule has 2 nitrogen and oxygen atoms in total. The Bertz CT molecular complexity index is 365. The summed E-state index contributed by atoms with van der Waals surface area (Å²) in [7, 11) is 0. The summed E-state index contributed by atoms with van der Waals surface area (Å²) in [4.78, 5) is 0. The fourth-order valence-corrected chi connectivity index (χ4v) is 2.70. The van der Waals surface area contributed by atoms with Crippen LogP contribution in [0.5, 0.6) is 0 Å². The molecule has 1 N–H and O–H groups in total. The third kappa shape index (κ3) is 1.97. The van der Waals surface area contributed by atoms with Crippen molar-refractivity contribution in [2.75, 3.05) is 0 Å². The van der Waals surface area contributed by atoms with Crippen LogP contribution in [0.15, 0.2) is 24.3 Å². The number of hydrogen-bond donors (Lipinski definition) is 1. The fraction of sp³-hybridized carbons (Fsp3) is 0.538. The van der Waals surface area contributed by atoms with Crippen molar-refractivity contribution >= 4 is 0 Å². The highest BCUT2D eigenvalue weighted by atomic mass is 19.1. The Morgan fingerprint density at radius 2 is 2.06 bits per heavy atom. The van der Waals surface area contributed by atoms with Crippen molar-refractivity contribution in [3.8, 4) is 0 Å². The van der Waals surface area contributed by atoms with E-state index in [9.17, 15) is 4.39 Å². The predicted molar refractivity (Wildman–Crippen MR) is 59.5 cm³/mol. The van der Waals surface area contributed by atoms with Gasteiger partial charge in [0.1, 0.15) is 5.82 Å². The number of benzene rings is 1. The van der Waals surface area contributed by atoms with E-state index in [1.165, 1.54) is 25.0 Å². The van der Waals surface area contributed by atoms with E-state index in [0.29, 0.717) is 18.2 Å². The Balaban J connectivity index is 1.55. The monoisotopic (exact) mass is 221 g/mol. The highest BCUT2D eigenvalue weighted by Gasteiger charge is 2.40. The molecule has 1 aromatic carbocycles. The lowest BCUT2D eigenvalue weighted by Crippen LogP contribution is -2.36. The van der Waals surface area contributed by atoms with Crippen LogP contribution in [0.2, 0.25) is 0 Å². The standard InChI is InChI=1S/C13H16FNO/c14-10-3-1-9(2-4-10)8-15-12-7-11-5-6-13(12)16-11/h1-4,11-13,15H,5-8H2. The molecule has 0 saturated carbocycles. The van der Waals surface area contributed by atoms with E-state index < -0.39 is 0 Å². The second-order valence-electron chi connectivity index (χ2n) is 4.72. The van der Waals surface area contributed by atoms with Gasteiger partial charge < -0.3 is 10.1 Å². The largest absolute Gasteiger partial charge is 0.373 e. The van der Waals surface area contributed by atoms with Gasteiger partial charge in [-0.1, -0.05) is 12.1 Å². The van der Waals surface area contributed by atoms with Crippen LogP contribution in [0.3, 0.4) is 0 Å². The molecule has 0 amide bonds. The van der Waals surface area contributed by atoms with Crippen molar-refractivity contribution in [2.24, 2.45) is 0 Å². The molecule has 2 heterocycles. The van der Waals surface area contributed by atoms with Crippen LogP contribution < -0.4 is 5.32 Å². The van der Waals surface area contributed by atoms with Gasteiger partial charge in [-0.2, -0.15) is 0 Å². The molecular weight excluding hydrogens is 205 g/mol. The summed E-state index contributed by atoms with van der Waals surface area (Å²) in [6, 6.07) is 7.17. The van der Waals surface area contributed by atoms with E-state index >= 15 is 0 Å². The van der Waals surface area contributed by atoms with Crippen molar-refractivity contribution in [1.82, 2.24) is 5.32 Å². The van der Waals surface area contributed by atoms with Crippen LogP contribution in [0.4, 0.5) is 4.39 Å². The average Bonchev–Trinajstić information content (AvgIpc) is 2.90. The molecule has 3 heteroatoms. The smallest absolute Gasteiger partial charge is 0.123 e. The van der Waals surface area contributed by atoms with Crippen molar-refractivity contribution in [1.29, 1.82) is 0 Å². The number of nitrogens with one attached hydrogen (secondary N) is 1. The lowest BCUT2D eigenvalue weighted by Gasteiger charge is -2.20. The van der Waals surface area contributed by atoms with Crippen molar-refractivity contribution in [3.63, 3.8) is 0 Å². The molecule has 3 atom stereocenters. The molecule has 2 fully saturated rings. The van der Waals surface area contributed by atoms with Gasteiger partial charge in [-0.3, -0.25) is 0 Å². The summed E-state index contributed by atoms with van der Waals surface area (Å²) < 4.78 is 18.5. The summed E-state index contributed by atoms with van der Waals surface area (Å²) >= 11 is 0. The number of hydrogen-bond acceptors (Lipinski definition) is 2. The quantitative estimate of drug-likeness (QED) is 0.845. The number of fused-ring (bicyclic) bond motifs is 2. The van der Waals surface area contributed by atoms with Gasteiger partial charge in [-0.05, 0) is 37.0 Å². The SMILES string of the molecule is Fc1ccc(CNC2CC3CCC2O3)cc1. The summed E-state index contributed by atoms with van der Waals surface area (Å²) in [6.07, 6.45) is 4.43. The van der Waals surface area contributed by atoms with Gasteiger partial charge in [0.15, 0.2) is 0 Å². The molecule has 16 heavy (non-hydrogen) atoms. The first-order valence-electron chi connectivity index (χ1n) is 5.94. The van der Waals surface area contributed by atoms with E-state index in [4.69, 9.17) is 4.74 Å². The normalized spacial score (nSPS) is 32.2. The lowest BCUT2D eigenvalue weighted by atomic mass is 9.95. The van der Waals surface area contributed by atoms with Gasteiger partial charge in [0.2, 0.25) is 0 Å². The second kappa shape index (κ2) is 4.15. The Morgan fingerprint density at radius 1 is 1.25 bits per heavy atom. The zero-order valence-corrected chi connectivity index (χ0v) is 9.16. The number of ether oxygens (including phenoxy) is 1. The average molecular weight is 221 g/mol. The molecule has 1 aromatic rings. The Morgan fingerprint density at radius 3 is 2.69 bits per heavy atom. The van der Waals surface area contributed by atoms with Crippen molar-refractivity contribution in [2.45, 2.75) is 44.1 Å². The predicted octanol–water partition coefficient (Wildman–Crippen LogP) is 2.24. The van der Waals surface area contributed by atoms with Crippen LogP contribution in [0.1, 0.15) is 24.8 Å². The van der Waals surface area contributed by atoms with Crippen LogP contribution in [-0.4, -0.2) is 18.2 Å². The first-order chi connectivity index (χ1) is 7.81. The summed E-state index contributed by atoms with van der Waals surface area (Å²) in [6.45, 7) is 0.803. The maximum atomic E-state index is 12.7. The van der Waals surface area contributed by atoms with Crippen LogP contribution in [0.25, 0.3) is 0 Å². The van der Waals surface area contributed by atoms with E-state index in [1.807, 2.05) is 12.1 Å². The summed E-state index contributed by atoms with van der Waals surface area (Å²) in [5, 5.41) is 3.50. The molecule has 2 bridgehead atoms. The number of rotatable bonds is 3. The van der Waals surface area contributed by atoms with E-state index in [-0.39, 0.29) is 5.82 Å². The topological polar surface area (TPSA) is 21.3 Å². The Kier molecular flexibility index (Phi) is 2.65. The minimum atomic E-state index is -0.174. The van der Waals surface area contributed by atoms with E-state index in [0.717, 1.165) is 18.5 Å². The van der Waals surface area contributed by atoms with E-state index in [2.05, 4.69) is 5.32 Å². The van der Waals surface area contributed by atoms with Crippen molar-refractivity contribution in [3.05, 3.63) is 35.6 Å². The summed E-state index contributed by atoms with van der Waals surface area (Å²) in [5.41, 5.74) is 1.13. The third-order valence-corrected chi connectivity index (χ3v) is 3.59. The van der Waals surface area contributed by atoms with Gasteiger partial charge in [0, 0.05) is 12.6 Å². The van der Waals surface area contributed by atoms with Gasteiger partial charge >= 0.3 is 0 Å². The molecular formula is C13H16FNO. The van der Waals surface area contributed by atoms with Crippen LogP contribution in [0, 0.1) is 5.82 Å². The highest BCUT2D eigenvalue weighted by molar-refractivity contribution is 5.16. The van der Waals surface area contributed by atoms with Gasteiger partial charge in [0.25, 0.3) is 0 Å². The molecule has 3 rings (SSSR count). The Labute approximate surface area is 94.8 Å². The first-order valence-corrected chi connectivity index (χ1v) is 5.94. The minimum absolute atomic E-state index is 0.174. The minimum Gasteiger partial charge on any atom is -0.373 e. The molecule has 0 aliphatic carbocycles. The Hall–Kier alpha value is -0.930. The third-order valence-electron chi connectivity index (χ3n) is 3.59. The maximum absolute atomic E-state index is 12.7. The molecule has 2 aliphatic rings.